The summed E-state index contributed by atoms with van der Waals surface area (Å²) in [6.45, 7) is 3.00. The maximum atomic E-state index is 12.4. The SMILES string of the molecule is FCCCN1CC(Cc2ccc(C3=C(C4CC5CCCC5C4)CCCc4ccccc43)cc2)C1. The zero-order valence-corrected chi connectivity index (χ0v) is 20.7. The fourth-order valence-electron chi connectivity index (χ4n) is 7.76. The van der Waals surface area contributed by atoms with Crippen LogP contribution in [0.15, 0.2) is 54.1 Å². The van der Waals surface area contributed by atoms with Gasteiger partial charge in [0, 0.05) is 19.6 Å². The van der Waals surface area contributed by atoms with Gasteiger partial charge in [-0.1, -0.05) is 73.4 Å². The van der Waals surface area contributed by atoms with Crippen molar-refractivity contribution in [1.82, 2.24) is 4.90 Å². The number of hydrogen-bond acceptors (Lipinski definition) is 1. The molecule has 0 bridgehead atoms. The third-order valence-electron chi connectivity index (χ3n) is 9.39. The summed E-state index contributed by atoms with van der Waals surface area (Å²) in [5.74, 6) is 3.51. The fraction of sp³-hybridized carbons (Fsp3) is 0.562. The summed E-state index contributed by atoms with van der Waals surface area (Å²) in [5.41, 5.74) is 9.28. The summed E-state index contributed by atoms with van der Waals surface area (Å²) >= 11 is 0. The lowest BCUT2D eigenvalue weighted by Gasteiger charge is -2.39. The molecule has 0 spiro atoms. The minimum atomic E-state index is -0.189. The molecule has 1 saturated heterocycles. The summed E-state index contributed by atoms with van der Waals surface area (Å²) in [7, 11) is 0. The molecule has 2 heteroatoms. The smallest absolute Gasteiger partial charge is 0.0906 e. The van der Waals surface area contributed by atoms with Crippen molar-refractivity contribution in [2.24, 2.45) is 23.7 Å². The second-order valence-corrected chi connectivity index (χ2v) is 11.6. The van der Waals surface area contributed by atoms with E-state index in [2.05, 4.69) is 53.4 Å². The summed E-state index contributed by atoms with van der Waals surface area (Å²) in [6.07, 6.45) is 12.9. The predicted octanol–water partition coefficient (Wildman–Crippen LogP) is 7.49. The number of allylic oxidation sites excluding steroid dienone is 1. The van der Waals surface area contributed by atoms with Crippen LogP contribution in [0.4, 0.5) is 4.39 Å². The Morgan fingerprint density at radius 2 is 1.62 bits per heavy atom. The third kappa shape index (κ3) is 4.51. The monoisotopic (exact) mass is 457 g/mol. The van der Waals surface area contributed by atoms with E-state index in [1.54, 1.807) is 11.1 Å². The van der Waals surface area contributed by atoms with E-state index < -0.39 is 0 Å². The largest absolute Gasteiger partial charge is 0.303 e. The van der Waals surface area contributed by atoms with Gasteiger partial charge >= 0.3 is 0 Å². The van der Waals surface area contributed by atoms with Crippen LogP contribution in [0.3, 0.4) is 0 Å². The molecule has 2 unspecified atom stereocenters. The topological polar surface area (TPSA) is 3.24 Å². The maximum absolute atomic E-state index is 12.4. The Balaban J connectivity index is 1.26. The second kappa shape index (κ2) is 9.97. The van der Waals surface area contributed by atoms with Crippen molar-refractivity contribution in [3.63, 3.8) is 0 Å². The van der Waals surface area contributed by atoms with Gasteiger partial charge in [-0.25, -0.2) is 0 Å². The molecule has 2 saturated carbocycles. The van der Waals surface area contributed by atoms with Crippen LogP contribution in [-0.2, 0) is 12.8 Å². The van der Waals surface area contributed by atoms with Gasteiger partial charge in [0.25, 0.3) is 0 Å². The first-order valence-corrected chi connectivity index (χ1v) is 14.0. The number of rotatable bonds is 7. The quantitative estimate of drug-likeness (QED) is 0.416. The molecule has 2 aromatic carbocycles. The number of aryl methyl sites for hydroxylation is 1. The summed E-state index contributed by atoms with van der Waals surface area (Å²) in [5, 5.41) is 0. The molecule has 1 heterocycles. The summed E-state index contributed by atoms with van der Waals surface area (Å²) in [6, 6.07) is 18.8. The molecule has 3 fully saturated rings. The lowest BCUT2D eigenvalue weighted by atomic mass is 9.83. The zero-order chi connectivity index (χ0) is 22.9. The van der Waals surface area contributed by atoms with Crippen molar-refractivity contribution in [2.45, 2.75) is 64.2 Å². The molecule has 1 nitrogen and oxygen atoms in total. The van der Waals surface area contributed by atoms with E-state index in [9.17, 15) is 4.39 Å². The first-order chi connectivity index (χ1) is 16.8. The Bertz CT molecular complexity index is 1000. The highest BCUT2D eigenvalue weighted by atomic mass is 19.1. The van der Waals surface area contributed by atoms with E-state index in [4.69, 9.17) is 0 Å². The molecular formula is C32H40FN. The predicted molar refractivity (Wildman–Crippen MR) is 140 cm³/mol. The van der Waals surface area contributed by atoms with Gasteiger partial charge in [-0.3, -0.25) is 4.39 Å². The van der Waals surface area contributed by atoms with E-state index in [0.29, 0.717) is 6.42 Å². The van der Waals surface area contributed by atoms with Crippen LogP contribution >= 0.6 is 0 Å². The number of nitrogens with zero attached hydrogens (tertiary/aromatic N) is 1. The van der Waals surface area contributed by atoms with Gasteiger partial charge < -0.3 is 4.90 Å². The van der Waals surface area contributed by atoms with Crippen LogP contribution in [0.1, 0.15) is 73.6 Å². The van der Waals surface area contributed by atoms with Crippen LogP contribution in [0, 0.1) is 23.7 Å². The highest BCUT2D eigenvalue weighted by Gasteiger charge is 2.39. The van der Waals surface area contributed by atoms with Gasteiger partial charge in [0.1, 0.15) is 0 Å². The molecule has 4 aliphatic rings. The van der Waals surface area contributed by atoms with Gasteiger partial charge in [-0.2, -0.15) is 0 Å². The van der Waals surface area contributed by atoms with Crippen LogP contribution < -0.4 is 0 Å². The Morgan fingerprint density at radius 3 is 2.38 bits per heavy atom. The van der Waals surface area contributed by atoms with E-state index in [1.807, 2.05) is 0 Å². The molecule has 3 aliphatic carbocycles. The summed E-state index contributed by atoms with van der Waals surface area (Å²) in [4.78, 5) is 2.40. The lowest BCUT2D eigenvalue weighted by Crippen LogP contribution is -2.47. The van der Waals surface area contributed by atoms with Gasteiger partial charge in [0.05, 0.1) is 6.67 Å². The number of alkyl halides is 1. The van der Waals surface area contributed by atoms with Crippen molar-refractivity contribution in [3.05, 3.63) is 76.4 Å². The Labute approximate surface area is 205 Å². The molecular weight excluding hydrogens is 417 g/mol. The molecule has 0 amide bonds. The molecule has 0 N–H and O–H groups in total. The number of fused-ring (bicyclic) bond motifs is 2. The molecule has 0 radical (unpaired) electrons. The van der Waals surface area contributed by atoms with Crippen molar-refractivity contribution in [3.8, 4) is 0 Å². The van der Waals surface area contributed by atoms with Crippen LogP contribution in [-0.4, -0.2) is 31.2 Å². The Kier molecular flexibility index (Phi) is 6.61. The summed E-state index contributed by atoms with van der Waals surface area (Å²) < 4.78 is 12.4. The van der Waals surface area contributed by atoms with Crippen LogP contribution in [0.5, 0.6) is 0 Å². The number of halogens is 1. The number of benzene rings is 2. The average Bonchev–Trinajstić information content (AvgIpc) is 3.38. The van der Waals surface area contributed by atoms with Gasteiger partial charge in [0.2, 0.25) is 0 Å². The van der Waals surface area contributed by atoms with Gasteiger partial charge in [-0.05, 0) is 96.4 Å². The van der Waals surface area contributed by atoms with Crippen molar-refractivity contribution in [1.29, 1.82) is 0 Å². The molecule has 0 aromatic heterocycles. The van der Waals surface area contributed by atoms with Crippen LogP contribution in [0.25, 0.3) is 5.57 Å². The fourth-order valence-corrected chi connectivity index (χ4v) is 7.76. The number of hydrogen-bond donors (Lipinski definition) is 0. The maximum Gasteiger partial charge on any atom is 0.0906 e. The molecule has 2 atom stereocenters. The highest BCUT2D eigenvalue weighted by molar-refractivity contribution is 5.84. The second-order valence-electron chi connectivity index (χ2n) is 11.6. The number of likely N-dealkylation sites (tertiary alicyclic amines) is 1. The normalized spacial score (nSPS) is 27.4. The Hall–Kier alpha value is -1.93. The lowest BCUT2D eigenvalue weighted by molar-refractivity contribution is 0.0968. The van der Waals surface area contributed by atoms with Gasteiger partial charge in [0.15, 0.2) is 0 Å². The average molecular weight is 458 g/mol. The standard InChI is InChI=1S/C32H40FN/c33-16-5-17-34-21-24(22-34)18-23-12-14-26(15-13-23)32-30-10-2-1-6-25(30)7-4-11-31(32)29-19-27-8-3-9-28(27)20-29/h1-2,6,10,12-15,24,27-29H,3-5,7-9,11,16-22H2. The molecule has 1 aliphatic heterocycles. The van der Waals surface area contributed by atoms with Crippen molar-refractivity contribution >= 4 is 5.57 Å². The Morgan fingerprint density at radius 1 is 0.853 bits per heavy atom. The van der Waals surface area contributed by atoms with E-state index in [0.717, 1.165) is 49.7 Å². The molecule has 2 aromatic rings. The first-order valence-electron chi connectivity index (χ1n) is 14.0. The molecule has 180 valence electrons. The first kappa shape index (κ1) is 22.5. The van der Waals surface area contributed by atoms with E-state index in [-0.39, 0.29) is 6.67 Å². The van der Waals surface area contributed by atoms with E-state index in [1.165, 1.54) is 73.6 Å². The van der Waals surface area contributed by atoms with E-state index >= 15 is 0 Å². The third-order valence-corrected chi connectivity index (χ3v) is 9.39. The van der Waals surface area contributed by atoms with Crippen LogP contribution in [0.2, 0.25) is 0 Å². The molecule has 6 rings (SSSR count). The molecule has 34 heavy (non-hydrogen) atoms. The van der Waals surface area contributed by atoms with Crippen molar-refractivity contribution in [2.75, 3.05) is 26.3 Å². The van der Waals surface area contributed by atoms with Gasteiger partial charge in [-0.15, -0.1) is 0 Å². The zero-order valence-electron chi connectivity index (χ0n) is 20.7. The van der Waals surface area contributed by atoms with Crippen molar-refractivity contribution < 1.29 is 4.39 Å². The minimum absolute atomic E-state index is 0.189. The minimum Gasteiger partial charge on any atom is -0.303 e. The highest BCUT2D eigenvalue weighted by Crippen LogP contribution is 2.52.